The Labute approximate surface area is 73.2 Å². The first-order valence-corrected chi connectivity index (χ1v) is 3.57. The SMILES string of the molecule is CCOC(=O)CCCCO.Cl. The van der Waals surface area contributed by atoms with E-state index in [2.05, 4.69) is 4.74 Å². The first kappa shape index (κ1) is 13.3. The van der Waals surface area contributed by atoms with Gasteiger partial charge in [0.1, 0.15) is 0 Å². The highest BCUT2D eigenvalue weighted by Crippen LogP contribution is 1.95. The van der Waals surface area contributed by atoms with Crippen LogP contribution < -0.4 is 0 Å². The molecule has 0 aliphatic rings. The van der Waals surface area contributed by atoms with E-state index >= 15 is 0 Å². The Morgan fingerprint density at radius 2 is 2.09 bits per heavy atom. The number of carbonyl (C=O) groups excluding carboxylic acids is 1. The number of esters is 1. The zero-order valence-corrected chi connectivity index (χ0v) is 7.52. The summed E-state index contributed by atoms with van der Waals surface area (Å²) < 4.78 is 4.67. The van der Waals surface area contributed by atoms with Crippen LogP contribution in [0.2, 0.25) is 0 Å². The third kappa shape index (κ3) is 9.72. The number of unbranched alkanes of at least 4 members (excludes halogenated alkanes) is 1. The highest BCUT2D eigenvalue weighted by atomic mass is 35.5. The summed E-state index contributed by atoms with van der Waals surface area (Å²) in [6.45, 7) is 2.38. The first-order valence-electron chi connectivity index (χ1n) is 3.57. The number of hydrogen-bond acceptors (Lipinski definition) is 3. The second kappa shape index (κ2) is 9.72. The quantitative estimate of drug-likeness (QED) is 0.512. The van der Waals surface area contributed by atoms with Gasteiger partial charge in [-0.2, -0.15) is 0 Å². The van der Waals surface area contributed by atoms with E-state index < -0.39 is 0 Å². The summed E-state index contributed by atoms with van der Waals surface area (Å²) in [5.74, 6) is -0.170. The van der Waals surface area contributed by atoms with E-state index in [9.17, 15) is 4.79 Å². The zero-order valence-electron chi connectivity index (χ0n) is 6.71. The van der Waals surface area contributed by atoms with Crippen LogP contribution in [0.25, 0.3) is 0 Å². The smallest absolute Gasteiger partial charge is 0.305 e. The lowest BCUT2D eigenvalue weighted by Crippen LogP contribution is -2.03. The molecule has 0 aliphatic carbocycles. The molecule has 0 atom stereocenters. The number of aliphatic hydroxyl groups is 1. The molecule has 0 radical (unpaired) electrons. The van der Waals surface area contributed by atoms with Crippen LogP contribution in [0, 0.1) is 0 Å². The van der Waals surface area contributed by atoms with Crippen molar-refractivity contribution >= 4 is 18.4 Å². The van der Waals surface area contributed by atoms with Gasteiger partial charge in [0.05, 0.1) is 6.61 Å². The van der Waals surface area contributed by atoms with Gasteiger partial charge in [-0.25, -0.2) is 0 Å². The Bertz CT molecular complexity index is 95.7. The van der Waals surface area contributed by atoms with Crippen LogP contribution >= 0.6 is 12.4 Å². The van der Waals surface area contributed by atoms with Crippen LogP contribution in [0.3, 0.4) is 0 Å². The van der Waals surface area contributed by atoms with Crippen molar-refractivity contribution in [1.82, 2.24) is 0 Å². The Morgan fingerprint density at radius 1 is 1.45 bits per heavy atom. The molecule has 0 rings (SSSR count). The van der Waals surface area contributed by atoms with Crippen LogP contribution in [0.15, 0.2) is 0 Å². The minimum absolute atomic E-state index is 0. The van der Waals surface area contributed by atoms with Gasteiger partial charge in [-0.15, -0.1) is 12.4 Å². The Kier molecular flexibility index (Phi) is 11.8. The zero-order chi connectivity index (χ0) is 7.82. The van der Waals surface area contributed by atoms with Crippen molar-refractivity contribution in [3.05, 3.63) is 0 Å². The fourth-order valence-electron chi connectivity index (χ4n) is 0.614. The average Bonchev–Trinajstić information content (AvgIpc) is 1.89. The van der Waals surface area contributed by atoms with Gasteiger partial charge in [-0.1, -0.05) is 0 Å². The number of carbonyl (C=O) groups is 1. The molecule has 68 valence electrons. The van der Waals surface area contributed by atoms with E-state index in [1.165, 1.54) is 0 Å². The van der Waals surface area contributed by atoms with Crippen molar-refractivity contribution in [3.63, 3.8) is 0 Å². The minimum atomic E-state index is -0.170. The van der Waals surface area contributed by atoms with E-state index in [1.54, 1.807) is 6.92 Å². The molecule has 0 saturated heterocycles. The molecule has 0 aromatic heterocycles. The summed E-state index contributed by atoms with van der Waals surface area (Å²) in [7, 11) is 0. The molecule has 11 heavy (non-hydrogen) atoms. The molecular weight excluding hydrogens is 168 g/mol. The fourth-order valence-corrected chi connectivity index (χ4v) is 0.614. The van der Waals surface area contributed by atoms with Crippen LogP contribution in [0.4, 0.5) is 0 Å². The molecule has 0 bridgehead atoms. The molecule has 0 aromatic rings. The highest BCUT2D eigenvalue weighted by molar-refractivity contribution is 5.85. The summed E-state index contributed by atoms with van der Waals surface area (Å²) in [5.41, 5.74) is 0. The van der Waals surface area contributed by atoms with E-state index in [-0.39, 0.29) is 25.0 Å². The standard InChI is InChI=1S/C7H14O3.ClH/c1-2-10-7(9)5-3-4-6-8;/h8H,2-6H2,1H3;1H. The molecule has 0 saturated carbocycles. The molecular formula is C7H15ClO3. The topological polar surface area (TPSA) is 46.5 Å². The largest absolute Gasteiger partial charge is 0.466 e. The van der Waals surface area contributed by atoms with Gasteiger partial charge >= 0.3 is 5.97 Å². The van der Waals surface area contributed by atoms with E-state index in [1.807, 2.05) is 0 Å². The van der Waals surface area contributed by atoms with Gasteiger partial charge < -0.3 is 9.84 Å². The second-order valence-electron chi connectivity index (χ2n) is 1.99. The molecule has 0 unspecified atom stereocenters. The van der Waals surface area contributed by atoms with Gasteiger partial charge in [-0.05, 0) is 19.8 Å². The van der Waals surface area contributed by atoms with Crippen LogP contribution in [0.5, 0.6) is 0 Å². The highest BCUT2D eigenvalue weighted by Gasteiger charge is 1.98. The molecule has 4 heteroatoms. The first-order chi connectivity index (χ1) is 4.81. The van der Waals surface area contributed by atoms with E-state index in [0.29, 0.717) is 19.4 Å². The van der Waals surface area contributed by atoms with Gasteiger partial charge in [0, 0.05) is 13.0 Å². The van der Waals surface area contributed by atoms with Crippen molar-refractivity contribution in [1.29, 1.82) is 0 Å². The number of ether oxygens (including phenoxy) is 1. The minimum Gasteiger partial charge on any atom is -0.466 e. The normalized spacial score (nSPS) is 8.55. The molecule has 1 N–H and O–H groups in total. The molecule has 0 aliphatic heterocycles. The summed E-state index contributed by atoms with van der Waals surface area (Å²) in [6.07, 6.45) is 1.82. The lowest BCUT2D eigenvalue weighted by atomic mass is 10.2. The van der Waals surface area contributed by atoms with Gasteiger partial charge in [0.2, 0.25) is 0 Å². The third-order valence-corrected chi connectivity index (χ3v) is 1.09. The van der Waals surface area contributed by atoms with E-state index in [4.69, 9.17) is 5.11 Å². The van der Waals surface area contributed by atoms with Crippen LogP contribution in [-0.4, -0.2) is 24.3 Å². The van der Waals surface area contributed by atoms with Crippen molar-refractivity contribution in [3.8, 4) is 0 Å². The number of halogens is 1. The predicted octanol–water partition coefficient (Wildman–Crippen LogP) is 1.13. The van der Waals surface area contributed by atoms with Crippen molar-refractivity contribution in [2.45, 2.75) is 26.2 Å². The number of rotatable bonds is 5. The monoisotopic (exact) mass is 182 g/mol. The van der Waals surface area contributed by atoms with Crippen molar-refractivity contribution in [2.75, 3.05) is 13.2 Å². The molecule has 3 nitrogen and oxygen atoms in total. The number of hydrogen-bond donors (Lipinski definition) is 1. The molecule has 0 aromatic carbocycles. The maximum absolute atomic E-state index is 10.6. The summed E-state index contributed by atoms with van der Waals surface area (Å²) in [6, 6.07) is 0. The van der Waals surface area contributed by atoms with Crippen LogP contribution in [0.1, 0.15) is 26.2 Å². The Balaban J connectivity index is 0. The third-order valence-electron chi connectivity index (χ3n) is 1.09. The van der Waals surface area contributed by atoms with Gasteiger partial charge in [0.15, 0.2) is 0 Å². The summed E-state index contributed by atoms with van der Waals surface area (Å²) in [4.78, 5) is 10.6. The number of aliphatic hydroxyl groups excluding tert-OH is 1. The van der Waals surface area contributed by atoms with E-state index in [0.717, 1.165) is 6.42 Å². The Morgan fingerprint density at radius 3 is 2.55 bits per heavy atom. The molecule has 0 heterocycles. The van der Waals surface area contributed by atoms with Crippen LogP contribution in [-0.2, 0) is 9.53 Å². The summed E-state index contributed by atoms with van der Waals surface area (Å²) >= 11 is 0. The second-order valence-corrected chi connectivity index (χ2v) is 1.99. The van der Waals surface area contributed by atoms with Gasteiger partial charge in [0.25, 0.3) is 0 Å². The molecule has 0 amide bonds. The fraction of sp³-hybridized carbons (Fsp3) is 0.857. The summed E-state index contributed by atoms with van der Waals surface area (Å²) in [5, 5.41) is 8.36. The maximum atomic E-state index is 10.6. The molecule has 0 spiro atoms. The Hall–Kier alpha value is -0.280. The van der Waals surface area contributed by atoms with Gasteiger partial charge in [-0.3, -0.25) is 4.79 Å². The van der Waals surface area contributed by atoms with Crippen molar-refractivity contribution in [2.24, 2.45) is 0 Å². The molecule has 0 fully saturated rings. The maximum Gasteiger partial charge on any atom is 0.305 e. The lowest BCUT2D eigenvalue weighted by molar-refractivity contribution is -0.143. The predicted molar refractivity (Wildman–Crippen MR) is 44.8 cm³/mol. The average molecular weight is 183 g/mol. The lowest BCUT2D eigenvalue weighted by Gasteiger charge is -1.98. The van der Waals surface area contributed by atoms with Crippen molar-refractivity contribution < 1.29 is 14.6 Å².